The second kappa shape index (κ2) is 6.68. The summed E-state index contributed by atoms with van der Waals surface area (Å²) in [6.07, 6.45) is 7.43. The van der Waals surface area contributed by atoms with Gasteiger partial charge >= 0.3 is 0 Å². The third kappa shape index (κ3) is 2.86. The molecule has 4 aromatic heterocycles. The van der Waals surface area contributed by atoms with Gasteiger partial charge in [0.05, 0.1) is 36.4 Å². The SMILES string of the molecule is COCCn1cc(-c2c(C)nc3c(-c4ccncc4)cc(C)nn23)cn1. The fraction of sp³-hybridized carbons (Fsp3) is 0.263. The summed E-state index contributed by atoms with van der Waals surface area (Å²) in [6, 6.07) is 6.03. The van der Waals surface area contributed by atoms with Gasteiger partial charge in [0.2, 0.25) is 0 Å². The summed E-state index contributed by atoms with van der Waals surface area (Å²) in [5.74, 6) is 0. The number of pyridine rings is 1. The van der Waals surface area contributed by atoms with Crippen LogP contribution in [0.2, 0.25) is 0 Å². The second-order valence-electron chi connectivity index (χ2n) is 6.20. The highest BCUT2D eigenvalue weighted by Crippen LogP contribution is 2.30. The lowest BCUT2D eigenvalue weighted by Gasteiger charge is -2.06. The third-order valence-electron chi connectivity index (χ3n) is 4.30. The number of aryl methyl sites for hydroxylation is 2. The Morgan fingerprint density at radius 3 is 2.69 bits per heavy atom. The van der Waals surface area contributed by atoms with E-state index >= 15 is 0 Å². The number of aromatic nitrogens is 6. The zero-order valence-corrected chi connectivity index (χ0v) is 15.0. The minimum Gasteiger partial charge on any atom is -0.383 e. The Kier molecular flexibility index (Phi) is 4.22. The van der Waals surface area contributed by atoms with Gasteiger partial charge in [0.15, 0.2) is 5.65 Å². The van der Waals surface area contributed by atoms with Crippen molar-refractivity contribution < 1.29 is 4.74 Å². The van der Waals surface area contributed by atoms with Crippen LogP contribution in [0, 0.1) is 13.8 Å². The van der Waals surface area contributed by atoms with Crippen molar-refractivity contribution in [2.75, 3.05) is 13.7 Å². The van der Waals surface area contributed by atoms with Crippen LogP contribution in [0.3, 0.4) is 0 Å². The number of fused-ring (bicyclic) bond motifs is 1. The van der Waals surface area contributed by atoms with E-state index in [1.165, 1.54) is 0 Å². The standard InChI is InChI=1S/C19H20N6O/c1-13-10-17(15-4-6-20-7-5-15)19-22-14(2)18(25(19)23-13)16-11-21-24(12-16)8-9-26-3/h4-7,10-12H,8-9H2,1-3H3. The van der Waals surface area contributed by atoms with Crippen LogP contribution in [0.25, 0.3) is 28.0 Å². The fourth-order valence-corrected chi connectivity index (χ4v) is 3.12. The lowest BCUT2D eigenvalue weighted by molar-refractivity contribution is 0.183. The number of methoxy groups -OCH3 is 1. The van der Waals surface area contributed by atoms with Crippen molar-refractivity contribution in [2.24, 2.45) is 0 Å². The fourth-order valence-electron chi connectivity index (χ4n) is 3.12. The zero-order valence-electron chi connectivity index (χ0n) is 15.0. The lowest BCUT2D eigenvalue weighted by Crippen LogP contribution is -2.04. The van der Waals surface area contributed by atoms with E-state index in [0.717, 1.165) is 39.4 Å². The van der Waals surface area contributed by atoms with E-state index in [2.05, 4.69) is 16.1 Å². The van der Waals surface area contributed by atoms with Gasteiger partial charge in [-0.2, -0.15) is 10.2 Å². The Bertz CT molecular complexity index is 1050. The van der Waals surface area contributed by atoms with Crippen molar-refractivity contribution in [1.82, 2.24) is 29.4 Å². The molecule has 0 N–H and O–H groups in total. The largest absolute Gasteiger partial charge is 0.383 e. The van der Waals surface area contributed by atoms with Gasteiger partial charge in [-0.3, -0.25) is 9.67 Å². The molecule has 0 spiro atoms. The van der Waals surface area contributed by atoms with E-state index in [4.69, 9.17) is 14.8 Å². The topological polar surface area (TPSA) is 70.1 Å². The van der Waals surface area contributed by atoms with Gasteiger partial charge in [0, 0.05) is 36.8 Å². The summed E-state index contributed by atoms with van der Waals surface area (Å²) in [4.78, 5) is 8.90. The first-order chi connectivity index (χ1) is 12.7. The van der Waals surface area contributed by atoms with Gasteiger partial charge in [-0.05, 0) is 37.6 Å². The maximum Gasteiger partial charge on any atom is 0.162 e. The van der Waals surface area contributed by atoms with Crippen molar-refractivity contribution in [3.63, 3.8) is 0 Å². The molecule has 132 valence electrons. The van der Waals surface area contributed by atoms with E-state index in [1.54, 1.807) is 19.5 Å². The molecule has 4 aromatic rings. The summed E-state index contributed by atoms with van der Waals surface area (Å²) in [5, 5.41) is 9.13. The Hall–Kier alpha value is -3.06. The molecule has 0 saturated carbocycles. The smallest absolute Gasteiger partial charge is 0.162 e. The van der Waals surface area contributed by atoms with Crippen molar-refractivity contribution in [3.8, 4) is 22.4 Å². The first-order valence-corrected chi connectivity index (χ1v) is 8.46. The molecule has 0 bridgehead atoms. The molecule has 26 heavy (non-hydrogen) atoms. The van der Waals surface area contributed by atoms with Crippen molar-refractivity contribution in [3.05, 3.63) is 54.4 Å². The highest BCUT2D eigenvalue weighted by molar-refractivity contribution is 5.80. The molecule has 0 aliphatic carbocycles. The van der Waals surface area contributed by atoms with Crippen LogP contribution in [0.5, 0.6) is 0 Å². The van der Waals surface area contributed by atoms with E-state index in [-0.39, 0.29) is 0 Å². The number of ether oxygens (including phenoxy) is 1. The summed E-state index contributed by atoms with van der Waals surface area (Å²) in [6.45, 7) is 5.32. The number of imidazole rings is 1. The van der Waals surface area contributed by atoms with Gasteiger partial charge in [0.25, 0.3) is 0 Å². The molecular formula is C19H20N6O. The summed E-state index contributed by atoms with van der Waals surface area (Å²) in [5.41, 5.74) is 6.75. The number of hydrogen-bond donors (Lipinski definition) is 0. The van der Waals surface area contributed by atoms with Crippen LogP contribution in [0.1, 0.15) is 11.4 Å². The predicted molar refractivity (Wildman–Crippen MR) is 98.8 cm³/mol. The van der Waals surface area contributed by atoms with Crippen molar-refractivity contribution >= 4 is 5.65 Å². The van der Waals surface area contributed by atoms with E-state index in [1.807, 2.05) is 47.6 Å². The molecule has 0 unspecified atom stereocenters. The summed E-state index contributed by atoms with van der Waals surface area (Å²) < 4.78 is 8.91. The molecule has 0 amide bonds. The first-order valence-electron chi connectivity index (χ1n) is 8.46. The molecule has 4 heterocycles. The molecule has 0 aliphatic heterocycles. The molecule has 0 aliphatic rings. The Morgan fingerprint density at radius 1 is 1.12 bits per heavy atom. The minimum absolute atomic E-state index is 0.622. The van der Waals surface area contributed by atoms with E-state index in [9.17, 15) is 0 Å². The lowest BCUT2D eigenvalue weighted by atomic mass is 10.1. The average Bonchev–Trinajstić information content (AvgIpc) is 3.23. The highest BCUT2D eigenvalue weighted by Gasteiger charge is 2.17. The van der Waals surface area contributed by atoms with Crippen LogP contribution in [-0.4, -0.2) is 43.1 Å². The maximum absolute atomic E-state index is 5.12. The molecule has 7 nitrogen and oxygen atoms in total. The van der Waals surface area contributed by atoms with Crippen molar-refractivity contribution in [2.45, 2.75) is 20.4 Å². The molecule has 4 rings (SSSR count). The molecule has 7 heteroatoms. The Balaban J connectivity index is 1.88. The molecule has 0 atom stereocenters. The highest BCUT2D eigenvalue weighted by atomic mass is 16.5. The van der Waals surface area contributed by atoms with Crippen molar-refractivity contribution in [1.29, 1.82) is 0 Å². The first kappa shape index (κ1) is 16.4. The zero-order chi connectivity index (χ0) is 18.1. The molecule has 0 aromatic carbocycles. The van der Waals surface area contributed by atoms with E-state index in [0.29, 0.717) is 13.2 Å². The quantitative estimate of drug-likeness (QED) is 0.555. The van der Waals surface area contributed by atoms with Gasteiger partial charge in [-0.15, -0.1) is 0 Å². The van der Waals surface area contributed by atoms with E-state index < -0.39 is 0 Å². The molecule has 0 radical (unpaired) electrons. The minimum atomic E-state index is 0.622. The van der Waals surface area contributed by atoms with Crippen LogP contribution in [-0.2, 0) is 11.3 Å². The van der Waals surface area contributed by atoms with Gasteiger partial charge in [0.1, 0.15) is 0 Å². The predicted octanol–water partition coefficient (Wildman–Crippen LogP) is 2.92. The summed E-state index contributed by atoms with van der Waals surface area (Å²) in [7, 11) is 1.69. The third-order valence-corrected chi connectivity index (χ3v) is 4.30. The van der Waals surface area contributed by atoms with Crippen LogP contribution in [0.4, 0.5) is 0 Å². The van der Waals surface area contributed by atoms with Gasteiger partial charge in [-0.1, -0.05) is 0 Å². The Labute approximate surface area is 151 Å². The Morgan fingerprint density at radius 2 is 1.92 bits per heavy atom. The number of hydrogen-bond acceptors (Lipinski definition) is 5. The molecular weight excluding hydrogens is 328 g/mol. The average molecular weight is 348 g/mol. The van der Waals surface area contributed by atoms with Crippen LogP contribution in [0.15, 0.2) is 43.0 Å². The monoisotopic (exact) mass is 348 g/mol. The summed E-state index contributed by atoms with van der Waals surface area (Å²) >= 11 is 0. The number of nitrogens with zero attached hydrogens (tertiary/aromatic N) is 6. The molecule has 0 saturated heterocycles. The molecule has 0 fully saturated rings. The number of rotatable bonds is 5. The van der Waals surface area contributed by atoms with Gasteiger partial charge in [-0.25, -0.2) is 9.50 Å². The van der Waals surface area contributed by atoms with Gasteiger partial charge < -0.3 is 4.74 Å². The second-order valence-corrected chi connectivity index (χ2v) is 6.20. The van der Waals surface area contributed by atoms with Crippen LogP contribution >= 0.6 is 0 Å². The maximum atomic E-state index is 5.12. The van der Waals surface area contributed by atoms with Crippen LogP contribution < -0.4 is 0 Å². The normalized spacial score (nSPS) is 11.3.